The number of anilines is 1. The smallest absolute Gasteiger partial charge is 0.332 e. The van der Waals surface area contributed by atoms with Crippen LogP contribution in [0, 0.1) is 0 Å². The standard InChI is InChI=1S/C14H21NO3/c1-3-15(12-8-6-5-7-9-12)11-10-13(14(16)17)18-4-2/h5-9,13H,3-4,10-11H2,1-2H3,(H,16,17). The van der Waals surface area contributed by atoms with Crippen molar-refractivity contribution in [2.75, 3.05) is 24.6 Å². The zero-order chi connectivity index (χ0) is 13.4. The van der Waals surface area contributed by atoms with Crippen LogP contribution in [0.1, 0.15) is 20.3 Å². The molecule has 0 amide bonds. The normalized spacial score (nSPS) is 12.1. The maximum absolute atomic E-state index is 11.0. The van der Waals surface area contributed by atoms with Gasteiger partial charge in [-0.1, -0.05) is 18.2 Å². The van der Waals surface area contributed by atoms with Crippen molar-refractivity contribution in [2.45, 2.75) is 26.4 Å². The summed E-state index contributed by atoms with van der Waals surface area (Å²) in [5, 5.41) is 9.02. The molecule has 0 aliphatic heterocycles. The average Bonchev–Trinajstić information content (AvgIpc) is 2.39. The van der Waals surface area contributed by atoms with E-state index in [-0.39, 0.29) is 0 Å². The molecule has 0 heterocycles. The minimum atomic E-state index is -0.888. The summed E-state index contributed by atoms with van der Waals surface area (Å²) in [5.74, 6) is -0.888. The van der Waals surface area contributed by atoms with Crippen LogP contribution >= 0.6 is 0 Å². The third-order valence-corrected chi connectivity index (χ3v) is 2.81. The van der Waals surface area contributed by atoms with Gasteiger partial charge >= 0.3 is 5.97 Å². The van der Waals surface area contributed by atoms with Crippen molar-refractivity contribution in [3.05, 3.63) is 30.3 Å². The van der Waals surface area contributed by atoms with Gasteiger partial charge in [-0.2, -0.15) is 0 Å². The highest BCUT2D eigenvalue weighted by atomic mass is 16.5. The van der Waals surface area contributed by atoms with Gasteiger partial charge < -0.3 is 14.7 Å². The molecule has 1 aromatic carbocycles. The summed E-state index contributed by atoms with van der Waals surface area (Å²) in [6, 6.07) is 9.99. The van der Waals surface area contributed by atoms with Crippen LogP contribution in [0.4, 0.5) is 5.69 Å². The molecule has 0 saturated carbocycles. The summed E-state index contributed by atoms with van der Waals surface area (Å²) in [4.78, 5) is 13.1. The van der Waals surface area contributed by atoms with E-state index in [4.69, 9.17) is 9.84 Å². The van der Waals surface area contributed by atoms with E-state index in [1.807, 2.05) is 37.3 Å². The average molecular weight is 251 g/mol. The lowest BCUT2D eigenvalue weighted by Crippen LogP contribution is -2.31. The third-order valence-electron chi connectivity index (χ3n) is 2.81. The lowest BCUT2D eigenvalue weighted by atomic mass is 10.2. The van der Waals surface area contributed by atoms with Crippen LogP contribution in [0.3, 0.4) is 0 Å². The van der Waals surface area contributed by atoms with Gasteiger partial charge in [0, 0.05) is 31.8 Å². The highest BCUT2D eigenvalue weighted by Gasteiger charge is 2.18. The molecule has 0 spiro atoms. The van der Waals surface area contributed by atoms with Gasteiger partial charge in [0.25, 0.3) is 0 Å². The van der Waals surface area contributed by atoms with Crippen molar-refractivity contribution < 1.29 is 14.6 Å². The van der Waals surface area contributed by atoms with Crippen LogP contribution in [0.5, 0.6) is 0 Å². The van der Waals surface area contributed by atoms with Crippen molar-refractivity contribution in [3.63, 3.8) is 0 Å². The fraction of sp³-hybridized carbons (Fsp3) is 0.500. The molecule has 1 rings (SSSR count). The first-order valence-corrected chi connectivity index (χ1v) is 6.33. The van der Waals surface area contributed by atoms with E-state index < -0.39 is 12.1 Å². The number of aliphatic carboxylic acids is 1. The highest BCUT2D eigenvalue weighted by Crippen LogP contribution is 2.14. The summed E-state index contributed by atoms with van der Waals surface area (Å²) >= 11 is 0. The molecule has 4 heteroatoms. The van der Waals surface area contributed by atoms with Crippen molar-refractivity contribution in [1.82, 2.24) is 0 Å². The number of nitrogens with zero attached hydrogens (tertiary/aromatic N) is 1. The quantitative estimate of drug-likeness (QED) is 0.770. The van der Waals surface area contributed by atoms with E-state index in [1.54, 1.807) is 0 Å². The minimum Gasteiger partial charge on any atom is -0.479 e. The minimum absolute atomic E-state index is 0.425. The Morgan fingerprint density at radius 2 is 2.00 bits per heavy atom. The third kappa shape index (κ3) is 4.37. The number of ether oxygens (including phenoxy) is 1. The van der Waals surface area contributed by atoms with E-state index >= 15 is 0 Å². The molecule has 100 valence electrons. The van der Waals surface area contributed by atoms with Crippen LogP contribution in [0.2, 0.25) is 0 Å². The van der Waals surface area contributed by atoms with Crippen LogP contribution < -0.4 is 4.90 Å². The van der Waals surface area contributed by atoms with Crippen LogP contribution in [-0.2, 0) is 9.53 Å². The van der Waals surface area contributed by atoms with E-state index in [0.29, 0.717) is 19.6 Å². The molecule has 1 unspecified atom stereocenters. The van der Waals surface area contributed by atoms with Crippen molar-refractivity contribution in [3.8, 4) is 0 Å². The predicted molar refractivity (Wildman–Crippen MR) is 72.0 cm³/mol. The first-order valence-electron chi connectivity index (χ1n) is 6.33. The molecular formula is C14H21NO3. The Bertz CT molecular complexity index is 353. The number of carboxylic acid groups (broad SMARTS) is 1. The Morgan fingerprint density at radius 3 is 2.50 bits per heavy atom. The first-order chi connectivity index (χ1) is 8.69. The maximum atomic E-state index is 11.0. The Hall–Kier alpha value is -1.55. The van der Waals surface area contributed by atoms with E-state index in [9.17, 15) is 4.79 Å². The van der Waals surface area contributed by atoms with Gasteiger partial charge in [-0.25, -0.2) is 4.79 Å². The Morgan fingerprint density at radius 1 is 1.33 bits per heavy atom. The van der Waals surface area contributed by atoms with E-state index in [0.717, 1.165) is 12.2 Å². The maximum Gasteiger partial charge on any atom is 0.332 e. The fourth-order valence-electron chi connectivity index (χ4n) is 1.86. The Labute approximate surface area is 108 Å². The van der Waals surface area contributed by atoms with Crippen molar-refractivity contribution in [1.29, 1.82) is 0 Å². The fourth-order valence-corrected chi connectivity index (χ4v) is 1.86. The molecule has 4 nitrogen and oxygen atoms in total. The molecular weight excluding hydrogens is 230 g/mol. The zero-order valence-corrected chi connectivity index (χ0v) is 11.0. The van der Waals surface area contributed by atoms with Gasteiger partial charge in [0.2, 0.25) is 0 Å². The summed E-state index contributed by atoms with van der Waals surface area (Å²) < 4.78 is 5.21. The predicted octanol–water partition coefficient (Wildman–Crippen LogP) is 2.39. The van der Waals surface area contributed by atoms with Gasteiger partial charge in [0.05, 0.1) is 0 Å². The SMILES string of the molecule is CCOC(CCN(CC)c1ccccc1)C(=O)O. The summed E-state index contributed by atoms with van der Waals surface area (Å²) in [5.41, 5.74) is 1.11. The van der Waals surface area contributed by atoms with Gasteiger partial charge in [0.15, 0.2) is 6.10 Å². The van der Waals surface area contributed by atoms with Gasteiger partial charge in [-0.15, -0.1) is 0 Å². The molecule has 1 aromatic rings. The summed E-state index contributed by atoms with van der Waals surface area (Å²) in [6.07, 6.45) is -0.223. The highest BCUT2D eigenvalue weighted by molar-refractivity contribution is 5.72. The molecule has 18 heavy (non-hydrogen) atoms. The van der Waals surface area contributed by atoms with E-state index in [2.05, 4.69) is 11.8 Å². The Balaban J connectivity index is 2.56. The number of hydrogen-bond donors (Lipinski definition) is 1. The zero-order valence-electron chi connectivity index (χ0n) is 11.0. The molecule has 0 saturated heterocycles. The molecule has 1 atom stereocenters. The molecule has 0 bridgehead atoms. The second kappa shape index (κ2) is 7.71. The number of carboxylic acids is 1. The van der Waals surface area contributed by atoms with Crippen LogP contribution in [0.15, 0.2) is 30.3 Å². The Kier molecular flexibility index (Phi) is 6.22. The number of hydrogen-bond acceptors (Lipinski definition) is 3. The molecule has 1 N–H and O–H groups in total. The van der Waals surface area contributed by atoms with Crippen LogP contribution in [-0.4, -0.2) is 36.9 Å². The second-order valence-corrected chi connectivity index (χ2v) is 3.99. The van der Waals surface area contributed by atoms with Crippen molar-refractivity contribution >= 4 is 11.7 Å². The summed E-state index contributed by atoms with van der Waals surface area (Å²) in [6.45, 7) is 5.82. The molecule has 0 radical (unpaired) electrons. The van der Waals surface area contributed by atoms with E-state index in [1.165, 1.54) is 0 Å². The van der Waals surface area contributed by atoms with Crippen molar-refractivity contribution in [2.24, 2.45) is 0 Å². The summed E-state index contributed by atoms with van der Waals surface area (Å²) in [7, 11) is 0. The molecule has 0 aromatic heterocycles. The molecule has 0 fully saturated rings. The first kappa shape index (κ1) is 14.5. The van der Waals surface area contributed by atoms with Gasteiger partial charge in [-0.3, -0.25) is 0 Å². The molecule has 0 aliphatic carbocycles. The number of rotatable bonds is 8. The molecule has 0 aliphatic rings. The second-order valence-electron chi connectivity index (χ2n) is 3.99. The lowest BCUT2D eigenvalue weighted by molar-refractivity contribution is -0.150. The topological polar surface area (TPSA) is 49.8 Å². The van der Waals surface area contributed by atoms with Gasteiger partial charge in [-0.05, 0) is 26.0 Å². The largest absolute Gasteiger partial charge is 0.479 e. The monoisotopic (exact) mass is 251 g/mol. The van der Waals surface area contributed by atoms with Crippen LogP contribution in [0.25, 0.3) is 0 Å². The van der Waals surface area contributed by atoms with Gasteiger partial charge in [0.1, 0.15) is 0 Å². The number of benzene rings is 1. The lowest BCUT2D eigenvalue weighted by Gasteiger charge is -2.24. The number of para-hydroxylation sites is 1. The number of carbonyl (C=O) groups is 1.